The van der Waals surface area contributed by atoms with Gasteiger partial charge in [0.15, 0.2) is 0 Å². The number of halogens is 3. The number of aromatic nitrogens is 2. The largest absolute Gasteiger partial charge is 0.496 e. The molecule has 2 aromatic heterocycles. The van der Waals surface area contributed by atoms with Crippen LogP contribution in [0.4, 0.5) is 8.78 Å². The van der Waals surface area contributed by atoms with E-state index in [0.717, 1.165) is 72.3 Å². The maximum absolute atomic E-state index is 14.6. The molecule has 2 aromatic carbocycles. The quantitative estimate of drug-likeness (QED) is 0.232. The van der Waals surface area contributed by atoms with Gasteiger partial charge in [0, 0.05) is 36.1 Å². The number of carbonyl (C=O) groups is 1. The molecule has 1 fully saturated rings. The molecule has 0 spiro atoms. The second-order valence-corrected chi connectivity index (χ2v) is 11.0. The first-order valence-electron chi connectivity index (χ1n) is 12.7. The minimum Gasteiger partial charge on any atom is -0.496 e. The molecule has 0 bridgehead atoms. The summed E-state index contributed by atoms with van der Waals surface area (Å²) in [6.07, 6.45) is 9.78. The molecule has 0 unspecified atom stereocenters. The molecule has 0 radical (unpaired) electrons. The van der Waals surface area contributed by atoms with Gasteiger partial charge in [0.1, 0.15) is 28.6 Å². The van der Waals surface area contributed by atoms with Crippen LogP contribution in [0.15, 0.2) is 49.1 Å². The molecule has 0 atom stereocenters. The van der Waals surface area contributed by atoms with Gasteiger partial charge in [0.2, 0.25) is 0 Å². The smallest absolute Gasteiger partial charge is 0.266 e. The Morgan fingerprint density at radius 1 is 1.08 bits per heavy atom. The van der Waals surface area contributed by atoms with Crippen LogP contribution in [0.2, 0.25) is 5.02 Å². The van der Waals surface area contributed by atoms with Gasteiger partial charge in [0.25, 0.3) is 5.91 Å². The van der Waals surface area contributed by atoms with Crippen molar-refractivity contribution in [1.29, 1.82) is 0 Å². The first-order valence-corrected chi connectivity index (χ1v) is 13.9. The molecule has 1 aliphatic carbocycles. The van der Waals surface area contributed by atoms with Crippen molar-refractivity contribution in [3.63, 3.8) is 0 Å². The van der Waals surface area contributed by atoms with E-state index in [0.29, 0.717) is 11.7 Å². The molecule has 1 saturated carbocycles. The lowest BCUT2D eigenvalue weighted by molar-refractivity contribution is 0.0591. The van der Waals surface area contributed by atoms with Crippen LogP contribution in [-0.2, 0) is 6.54 Å². The highest BCUT2D eigenvalue weighted by atomic mass is 35.5. The van der Waals surface area contributed by atoms with E-state index >= 15 is 0 Å². The summed E-state index contributed by atoms with van der Waals surface area (Å²) in [5.74, 6) is -0.288. The van der Waals surface area contributed by atoms with Gasteiger partial charge in [0.05, 0.1) is 22.2 Å². The highest BCUT2D eigenvalue weighted by Crippen LogP contribution is 2.41. The van der Waals surface area contributed by atoms with Gasteiger partial charge in [-0.2, -0.15) is 0 Å². The minimum atomic E-state index is -0.642. The number of benzene rings is 2. The molecule has 0 saturated heterocycles. The number of rotatable bonds is 7. The molecule has 198 valence electrons. The third kappa shape index (κ3) is 5.12. The Hall–Kier alpha value is -3.10. The van der Waals surface area contributed by atoms with Crippen molar-refractivity contribution in [2.75, 3.05) is 7.11 Å². The second-order valence-electron chi connectivity index (χ2n) is 9.65. The predicted molar refractivity (Wildman–Crippen MR) is 147 cm³/mol. The van der Waals surface area contributed by atoms with Crippen LogP contribution in [0.1, 0.15) is 54.3 Å². The number of fused-ring (bicyclic) bond motifs is 1. The van der Waals surface area contributed by atoms with Crippen LogP contribution < -0.4 is 4.74 Å². The Morgan fingerprint density at radius 3 is 2.45 bits per heavy atom. The number of nitrogens with zero attached hydrogens (tertiary/aromatic N) is 3. The molecule has 0 aliphatic heterocycles. The molecule has 2 heterocycles. The fraction of sp³-hybridized carbons (Fsp3) is 0.345. The molecule has 4 aromatic rings. The maximum Gasteiger partial charge on any atom is 0.266 e. The molecule has 9 heteroatoms. The summed E-state index contributed by atoms with van der Waals surface area (Å²) in [6.45, 7) is 2.46. The zero-order valence-corrected chi connectivity index (χ0v) is 22.8. The molecule has 1 amide bonds. The first-order chi connectivity index (χ1) is 18.4. The van der Waals surface area contributed by atoms with Gasteiger partial charge in [-0.05, 0) is 61.4 Å². The molecule has 0 N–H and O–H groups in total. The van der Waals surface area contributed by atoms with E-state index in [2.05, 4.69) is 16.9 Å². The van der Waals surface area contributed by atoms with Crippen molar-refractivity contribution in [1.82, 2.24) is 14.9 Å². The monoisotopic (exact) mass is 555 g/mol. The minimum absolute atomic E-state index is 0.0327. The SMILES string of the molecule is CCC1CCC(N(Cc2cc(-c3cncnc3)ccc2OC)C(=O)c2sc3c(F)ccc(F)c3c2Cl)CC1. The number of amides is 1. The van der Waals surface area contributed by atoms with Crippen molar-refractivity contribution in [3.05, 3.63) is 76.2 Å². The third-order valence-electron chi connectivity index (χ3n) is 7.49. The normalized spacial score (nSPS) is 17.5. The topological polar surface area (TPSA) is 55.3 Å². The standard InChI is InChI=1S/C29H28ClF2N3O2S/c1-3-17-4-7-21(8-5-17)35(29(36)28-26(30)25-22(31)9-10-23(32)27(25)38-28)15-19-12-18(6-11-24(19)37-2)20-13-33-16-34-14-20/h6,9-14,16-17,21H,3-5,7-8,15H2,1-2H3. The number of hydrogen-bond acceptors (Lipinski definition) is 5. The van der Waals surface area contributed by atoms with Crippen LogP contribution in [0.25, 0.3) is 21.2 Å². The van der Waals surface area contributed by atoms with Gasteiger partial charge in [-0.15, -0.1) is 11.3 Å². The highest BCUT2D eigenvalue weighted by molar-refractivity contribution is 7.21. The second kappa shape index (κ2) is 11.3. The summed E-state index contributed by atoms with van der Waals surface area (Å²) in [5.41, 5.74) is 2.55. The maximum atomic E-state index is 14.6. The van der Waals surface area contributed by atoms with Gasteiger partial charge in [-0.3, -0.25) is 4.79 Å². The Bertz CT molecular complexity index is 1460. The fourth-order valence-electron chi connectivity index (χ4n) is 5.31. The summed E-state index contributed by atoms with van der Waals surface area (Å²) in [6, 6.07) is 7.83. The number of methoxy groups -OCH3 is 1. The Morgan fingerprint density at radius 2 is 1.79 bits per heavy atom. The molecule has 38 heavy (non-hydrogen) atoms. The Kier molecular flexibility index (Phi) is 7.91. The lowest BCUT2D eigenvalue weighted by Crippen LogP contribution is -2.41. The lowest BCUT2D eigenvalue weighted by atomic mass is 9.83. The average Bonchev–Trinajstić information content (AvgIpc) is 3.32. The van der Waals surface area contributed by atoms with Crippen LogP contribution in [0.5, 0.6) is 5.75 Å². The Labute approximate surface area is 229 Å². The van der Waals surface area contributed by atoms with Crippen molar-refractivity contribution < 1.29 is 18.3 Å². The van der Waals surface area contributed by atoms with Crippen molar-refractivity contribution >= 4 is 38.9 Å². The summed E-state index contributed by atoms with van der Waals surface area (Å²) in [5, 5.41) is -0.0836. The lowest BCUT2D eigenvalue weighted by Gasteiger charge is -2.37. The van der Waals surface area contributed by atoms with Crippen LogP contribution in [-0.4, -0.2) is 33.9 Å². The van der Waals surface area contributed by atoms with Crippen molar-refractivity contribution in [2.24, 2.45) is 5.92 Å². The number of thiophene rings is 1. The van der Waals surface area contributed by atoms with Crippen LogP contribution >= 0.6 is 22.9 Å². The van der Waals surface area contributed by atoms with E-state index in [9.17, 15) is 13.6 Å². The summed E-state index contributed by atoms with van der Waals surface area (Å²) < 4.78 is 34.9. The number of ether oxygens (including phenoxy) is 1. The van der Waals surface area contributed by atoms with E-state index in [-0.39, 0.29) is 38.5 Å². The number of hydrogen-bond donors (Lipinski definition) is 0. The van der Waals surface area contributed by atoms with E-state index in [1.807, 2.05) is 18.2 Å². The van der Waals surface area contributed by atoms with E-state index in [4.69, 9.17) is 16.3 Å². The average molecular weight is 556 g/mol. The zero-order chi connectivity index (χ0) is 26.8. The van der Waals surface area contributed by atoms with E-state index < -0.39 is 11.6 Å². The van der Waals surface area contributed by atoms with Crippen molar-refractivity contribution in [3.8, 4) is 16.9 Å². The molecule has 5 rings (SSSR count). The summed E-state index contributed by atoms with van der Waals surface area (Å²) in [7, 11) is 1.59. The van der Waals surface area contributed by atoms with Gasteiger partial charge in [-0.25, -0.2) is 18.7 Å². The summed E-state index contributed by atoms with van der Waals surface area (Å²) in [4.78, 5) is 24.3. The summed E-state index contributed by atoms with van der Waals surface area (Å²) >= 11 is 7.45. The molecule has 5 nitrogen and oxygen atoms in total. The van der Waals surface area contributed by atoms with Gasteiger partial charge in [-0.1, -0.05) is 31.0 Å². The van der Waals surface area contributed by atoms with Crippen LogP contribution in [0.3, 0.4) is 0 Å². The predicted octanol–water partition coefficient (Wildman–Crippen LogP) is 7.91. The third-order valence-corrected chi connectivity index (χ3v) is 9.16. The molecular weight excluding hydrogens is 528 g/mol. The Balaban J connectivity index is 1.56. The van der Waals surface area contributed by atoms with Gasteiger partial charge >= 0.3 is 0 Å². The van der Waals surface area contributed by atoms with Gasteiger partial charge < -0.3 is 9.64 Å². The number of carbonyl (C=O) groups excluding carboxylic acids is 1. The highest BCUT2D eigenvalue weighted by Gasteiger charge is 2.33. The van der Waals surface area contributed by atoms with Crippen molar-refractivity contribution in [2.45, 2.75) is 51.6 Å². The molecular formula is C29H28ClF2N3O2S. The fourth-order valence-corrected chi connectivity index (χ4v) is 6.82. The van der Waals surface area contributed by atoms with Crippen LogP contribution in [0, 0.1) is 17.6 Å². The zero-order valence-electron chi connectivity index (χ0n) is 21.2. The van der Waals surface area contributed by atoms with E-state index in [1.54, 1.807) is 24.4 Å². The molecule has 1 aliphatic rings. The first kappa shape index (κ1) is 26.5. The van der Waals surface area contributed by atoms with E-state index in [1.165, 1.54) is 6.33 Å².